The molecule has 0 spiro atoms. The Hall–Kier alpha value is -1.46. The molecule has 2 rings (SSSR count). The molecule has 0 saturated heterocycles. The van der Waals surface area contributed by atoms with Crippen LogP contribution in [-0.4, -0.2) is 26.7 Å². The first-order valence-electron chi connectivity index (χ1n) is 4.87. The fourth-order valence-electron chi connectivity index (χ4n) is 1.35. The van der Waals surface area contributed by atoms with Gasteiger partial charge in [0.2, 0.25) is 0 Å². The molecular formula is C10H14ClN5. The topological polar surface area (TPSA) is 80.5 Å². The summed E-state index contributed by atoms with van der Waals surface area (Å²) in [4.78, 5) is 8.36. The maximum absolute atomic E-state index is 5.42. The van der Waals surface area contributed by atoms with E-state index in [1.54, 1.807) is 6.20 Å². The third-order valence-electron chi connectivity index (χ3n) is 2.04. The monoisotopic (exact) mass is 239 g/mol. The molecular weight excluding hydrogens is 226 g/mol. The van der Waals surface area contributed by atoms with Gasteiger partial charge in [0, 0.05) is 25.2 Å². The number of hydrogen-bond acceptors (Lipinski definition) is 4. The Labute approximate surface area is 99.9 Å². The van der Waals surface area contributed by atoms with Crippen molar-refractivity contribution in [3.63, 3.8) is 0 Å². The molecule has 0 radical (unpaired) electrons. The van der Waals surface area contributed by atoms with Gasteiger partial charge in [0.1, 0.15) is 5.82 Å². The Morgan fingerprint density at radius 2 is 2.25 bits per heavy atom. The van der Waals surface area contributed by atoms with Crippen LogP contribution in [0.5, 0.6) is 0 Å². The van der Waals surface area contributed by atoms with Crippen LogP contribution in [0, 0.1) is 0 Å². The van der Waals surface area contributed by atoms with E-state index >= 15 is 0 Å². The van der Waals surface area contributed by atoms with Gasteiger partial charge in [-0.15, -0.1) is 12.4 Å². The SMILES string of the molecule is Cl.NCCc1n[nH]c(Cc2cccnc2)n1. The molecule has 6 heteroatoms. The second-order valence-electron chi connectivity index (χ2n) is 3.28. The van der Waals surface area contributed by atoms with Gasteiger partial charge in [-0.3, -0.25) is 10.1 Å². The molecule has 0 bridgehead atoms. The lowest BCUT2D eigenvalue weighted by Gasteiger charge is -1.94. The molecule has 86 valence electrons. The highest BCUT2D eigenvalue weighted by molar-refractivity contribution is 5.85. The second-order valence-corrected chi connectivity index (χ2v) is 3.28. The molecule has 3 N–H and O–H groups in total. The molecule has 0 fully saturated rings. The number of H-pyrrole nitrogens is 1. The average Bonchev–Trinajstić information content (AvgIpc) is 2.68. The predicted molar refractivity (Wildman–Crippen MR) is 63.4 cm³/mol. The van der Waals surface area contributed by atoms with Crippen LogP contribution in [0.3, 0.4) is 0 Å². The van der Waals surface area contributed by atoms with Gasteiger partial charge < -0.3 is 5.73 Å². The zero-order valence-corrected chi connectivity index (χ0v) is 9.57. The molecule has 0 aliphatic carbocycles. The van der Waals surface area contributed by atoms with Crippen LogP contribution in [0.25, 0.3) is 0 Å². The van der Waals surface area contributed by atoms with Crippen molar-refractivity contribution in [3.8, 4) is 0 Å². The van der Waals surface area contributed by atoms with E-state index in [0.29, 0.717) is 13.0 Å². The molecule has 2 aromatic rings. The molecule has 0 aliphatic rings. The summed E-state index contributed by atoms with van der Waals surface area (Å²) in [5.74, 6) is 1.63. The van der Waals surface area contributed by atoms with E-state index in [-0.39, 0.29) is 12.4 Å². The zero-order chi connectivity index (χ0) is 10.5. The molecule has 5 nitrogen and oxygen atoms in total. The average molecular weight is 240 g/mol. The lowest BCUT2D eigenvalue weighted by Crippen LogP contribution is -2.04. The lowest BCUT2D eigenvalue weighted by atomic mass is 10.2. The van der Waals surface area contributed by atoms with E-state index in [1.165, 1.54) is 0 Å². The van der Waals surface area contributed by atoms with Crippen molar-refractivity contribution in [1.29, 1.82) is 0 Å². The summed E-state index contributed by atoms with van der Waals surface area (Å²) >= 11 is 0. The first-order chi connectivity index (χ1) is 7.38. The van der Waals surface area contributed by atoms with Crippen molar-refractivity contribution in [3.05, 3.63) is 41.7 Å². The van der Waals surface area contributed by atoms with E-state index in [0.717, 1.165) is 23.6 Å². The highest BCUT2D eigenvalue weighted by Crippen LogP contribution is 2.03. The van der Waals surface area contributed by atoms with Gasteiger partial charge in [-0.25, -0.2) is 4.98 Å². The fraction of sp³-hybridized carbons (Fsp3) is 0.300. The number of pyridine rings is 1. The summed E-state index contributed by atoms with van der Waals surface area (Å²) in [6.45, 7) is 0.574. The van der Waals surface area contributed by atoms with Crippen LogP contribution < -0.4 is 5.73 Å². The second kappa shape index (κ2) is 6.19. The maximum atomic E-state index is 5.42. The Kier molecular flexibility index (Phi) is 4.88. The van der Waals surface area contributed by atoms with Crippen LogP contribution in [0.2, 0.25) is 0 Å². The first kappa shape index (κ1) is 12.6. The van der Waals surface area contributed by atoms with E-state index in [9.17, 15) is 0 Å². The quantitative estimate of drug-likeness (QED) is 0.824. The van der Waals surface area contributed by atoms with Crippen LogP contribution in [0.4, 0.5) is 0 Å². The van der Waals surface area contributed by atoms with Crippen molar-refractivity contribution in [2.75, 3.05) is 6.54 Å². The lowest BCUT2D eigenvalue weighted by molar-refractivity contribution is 0.874. The van der Waals surface area contributed by atoms with Crippen LogP contribution in [0.1, 0.15) is 17.2 Å². The van der Waals surface area contributed by atoms with Gasteiger partial charge in [0.15, 0.2) is 5.82 Å². The van der Waals surface area contributed by atoms with Crippen molar-refractivity contribution < 1.29 is 0 Å². The van der Waals surface area contributed by atoms with Crippen molar-refractivity contribution in [1.82, 2.24) is 20.2 Å². The summed E-state index contributed by atoms with van der Waals surface area (Å²) in [6, 6.07) is 3.92. The van der Waals surface area contributed by atoms with E-state index in [1.807, 2.05) is 18.3 Å². The summed E-state index contributed by atoms with van der Waals surface area (Å²) < 4.78 is 0. The Bertz CT molecular complexity index is 414. The number of nitrogens with two attached hydrogens (primary N) is 1. The van der Waals surface area contributed by atoms with Gasteiger partial charge in [-0.1, -0.05) is 6.07 Å². The molecule has 2 heterocycles. The minimum absolute atomic E-state index is 0. The molecule has 2 aromatic heterocycles. The number of nitrogens with zero attached hydrogens (tertiary/aromatic N) is 3. The normalized spacial score (nSPS) is 9.81. The van der Waals surface area contributed by atoms with Gasteiger partial charge >= 0.3 is 0 Å². The summed E-state index contributed by atoms with van der Waals surface area (Å²) in [6.07, 6.45) is 5.02. The Morgan fingerprint density at radius 3 is 2.94 bits per heavy atom. The van der Waals surface area contributed by atoms with Crippen LogP contribution in [0.15, 0.2) is 24.5 Å². The van der Waals surface area contributed by atoms with Crippen molar-refractivity contribution >= 4 is 12.4 Å². The standard InChI is InChI=1S/C10H13N5.ClH/c11-4-3-9-13-10(15-14-9)6-8-2-1-5-12-7-8;/h1-2,5,7H,3-4,6,11H2,(H,13,14,15);1H. The highest BCUT2D eigenvalue weighted by atomic mass is 35.5. The summed E-state index contributed by atoms with van der Waals surface area (Å²) in [5.41, 5.74) is 6.54. The predicted octanol–water partition coefficient (Wildman–Crippen LogP) is 0.713. The fourth-order valence-corrected chi connectivity index (χ4v) is 1.35. The van der Waals surface area contributed by atoms with Gasteiger partial charge in [0.25, 0.3) is 0 Å². The molecule has 0 aliphatic heterocycles. The largest absolute Gasteiger partial charge is 0.330 e. The molecule has 0 saturated carbocycles. The highest BCUT2D eigenvalue weighted by Gasteiger charge is 2.02. The van der Waals surface area contributed by atoms with E-state index in [4.69, 9.17) is 5.73 Å². The molecule has 0 aromatic carbocycles. The summed E-state index contributed by atoms with van der Waals surface area (Å²) in [7, 11) is 0. The minimum atomic E-state index is 0. The molecule has 0 amide bonds. The Balaban J connectivity index is 0.00000128. The minimum Gasteiger partial charge on any atom is -0.330 e. The van der Waals surface area contributed by atoms with Gasteiger partial charge in [-0.2, -0.15) is 5.10 Å². The maximum Gasteiger partial charge on any atom is 0.151 e. The van der Waals surface area contributed by atoms with Crippen molar-refractivity contribution in [2.24, 2.45) is 5.73 Å². The number of aromatic nitrogens is 4. The molecule has 0 atom stereocenters. The van der Waals surface area contributed by atoms with Gasteiger partial charge in [-0.05, 0) is 18.2 Å². The Morgan fingerprint density at radius 1 is 1.38 bits per heavy atom. The molecule has 16 heavy (non-hydrogen) atoms. The number of rotatable bonds is 4. The first-order valence-corrected chi connectivity index (χ1v) is 4.87. The van der Waals surface area contributed by atoms with Crippen LogP contribution >= 0.6 is 12.4 Å². The van der Waals surface area contributed by atoms with E-state index in [2.05, 4.69) is 20.2 Å². The van der Waals surface area contributed by atoms with Crippen molar-refractivity contribution in [2.45, 2.75) is 12.8 Å². The third-order valence-corrected chi connectivity index (χ3v) is 2.04. The number of aromatic amines is 1. The van der Waals surface area contributed by atoms with Crippen LogP contribution in [-0.2, 0) is 12.8 Å². The summed E-state index contributed by atoms with van der Waals surface area (Å²) in [5, 5.41) is 6.96. The third kappa shape index (κ3) is 3.29. The molecule has 0 unspecified atom stereocenters. The smallest absolute Gasteiger partial charge is 0.151 e. The number of hydrogen-bond donors (Lipinski definition) is 2. The van der Waals surface area contributed by atoms with E-state index < -0.39 is 0 Å². The number of halogens is 1. The zero-order valence-electron chi connectivity index (χ0n) is 8.76. The number of nitrogens with one attached hydrogen (secondary N) is 1. The van der Waals surface area contributed by atoms with Gasteiger partial charge in [0.05, 0.1) is 0 Å².